The normalized spacial score (nSPS) is 14.9. The summed E-state index contributed by atoms with van der Waals surface area (Å²) in [5, 5.41) is 0. The molecule has 1 aliphatic rings. The molecule has 0 spiro atoms. The molecule has 0 nitrogen and oxygen atoms in total. The van der Waals surface area contributed by atoms with Crippen molar-refractivity contribution >= 4 is 5.57 Å². The molecule has 0 heteroatoms. The third-order valence-corrected chi connectivity index (χ3v) is 3.08. The summed E-state index contributed by atoms with van der Waals surface area (Å²) in [7, 11) is 0. The van der Waals surface area contributed by atoms with Gasteiger partial charge in [-0.25, -0.2) is 0 Å². The van der Waals surface area contributed by atoms with Crippen LogP contribution in [0.1, 0.15) is 30.5 Å². The van der Waals surface area contributed by atoms with Gasteiger partial charge in [0.1, 0.15) is 0 Å². The van der Waals surface area contributed by atoms with Crippen LogP contribution in [-0.2, 0) is 0 Å². The summed E-state index contributed by atoms with van der Waals surface area (Å²) in [4.78, 5) is 0. The lowest BCUT2D eigenvalue weighted by molar-refractivity contribution is 1.35. The van der Waals surface area contributed by atoms with Crippen LogP contribution in [0.3, 0.4) is 0 Å². The van der Waals surface area contributed by atoms with Crippen molar-refractivity contribution in [1.82, 2.24) is 0 Å². The Morgan fingerprint density at radius 2 is 1.71 bits per heavy atom. The quantitative estimate of drug-likeness (QED) is 0.602. The average molecular weight is 222 g/mol. The van der Waals surface area contributed by atoms with E-state index in [1.54, 1.807) is 0 Å². The fraction of sp³-hybridized carbons (Fsp3) is 0.235. The molecule has 0 unspecified atom stereocenters. The van der Waals surface area contributed by atoms with E-state index >= 15 is 0 Å². The highest BCUT2D eigenvalue weighted by molar-refractivity contribution is 5.80. The number of allylic oxidation sites excluding steroid dienone is 5. The summed E-state index contributed by atoms with van der Waals surface area (Å²) in [5.74, 6) is 0. The maximum atomic E-state index is 3.24. The van der Waals surface area contributed by atoms with E-state index in [0.717, 1.165) is 0 Å². The number of aryl methyl sites for hydroxylation is 2. The maximum absolute atomic E-state index is 3.24. The maximum Gasteiger partial charge on any atom is -0.00747 e. The van der Waals surface area contributed by atoms with E-state index in [1.807, 2.05) is 6.08 Å². The van der Waals surface area contributed by atoms with Crippen molar-refractivity contribution in [3.63, 3.8) is 0 Å². The third kappa shape index (κ3) is 2.49. The molecule has 0 fully saturated rings. The molecule has 0 aromatic heterocycles. The minimum absolute atomic E-state index is 1.25. The molecule has 0 N–H and O–H groups in total. The van der Waals surface area contributed by atoms with E-state index in [-0.39, 0.29) is 0 Å². The van der Waals surface area contributed by atoms with E-state index in [1.165, 1.54) is 33.4 Å². The first-order valence-electron chi connectivity index (χ1n) is 5.97. The molecule has 1 aromatic rings. The Kier molecular flexibility index (Phi) is 3.17. The topological polar surface area (TPSA) is 0 Å². The standard InChI is InChI=1S/C17H18/c1-12-6-5-7-16(14(3)10-12)17-9-8-13(2)11-15(17)4/h6-11H,1-4H3. The van der Waals surface area contributed by atoms with Gasteiger partial charge in [0.25, 0.3) is 0 Å². The largest absolute Gasteiger partial charge is 0.120 e. The van der Waals surface area contributed by atoms with Crippen molar-refractivity contribution in [1.29, 1.82) is 0 Å². The van der Waals surface area contributed by atoms with E-state index in [0.29, 0.717) is 0 Å². The van der Waals surface area contributed by atoms with Crippen LogP contribution in [0.2, 0.25) is 0 Å². The molecule has 0 radical (unpaired) electrons. The molecule has 1 aliphatic carbocycles. The third-order valence-electron chi connectivity index (χ3n) is 3.08. The van der Waals surface area contributed by atoms with Crippen molar-refractivity contribution in [2.45, 2.75) is 27.7 Å². The van der Waals surface area contributed by atoms with Gasteiger partial charge >= 0.3 is 0 Å². The van der Waals surface area contributed by atoms with E-state index in [2.05, 4.69) is 63.8 Å². The van der Waals surface area contributed by atoms with Crippen molar-refractivity contribution in [2.75, 3.05) is 0 Å². The summed E-state index contributed by atoms with van der Waals surface area (Å²) >= 11 is 0. The summed E-state index contributed by atoms with van der Waals surface area (Å²) in [6.45, 7) is 8.57. The lowest BCUT2D eigenvalue weighted by atomic mass is 9.95. The van der Waals surface area contributed by atoms with Gasteiger partial charge in [-0.2, -0.15) is 0 Å². The second-order valence-corrected chi connectivity index (χ2v) is 4.76. The molecule has 0 saturated heterocycles. The minimum Gasteiger partial charge on any atom is -0.120 e. The molecule has 0 saturated carbocycles. The first-order valence-corrected chi connectivity index (χ1v) is 5.97. The van der Waals surface area contributed by atoms with Crippen LogP contribution in [0.15, 0.2) is 53.3 Å². The Hall–Kier alpha value is -1.78. The lowest BCUT2D eigenvalue weighted by Crippen LogP contribution is -1.90. The van der Waals surface area contributed by atoms with Crippen molar-refractivity contribution in [2.24, 2.45) is 0 Å². The molecule has 0 atom stereocenters. The second-order valence-electron chi connectivity index (χ2n) is 4.76. The molecule has 0 heterocycles. The van der Waals surface area contributed by atoms with Crippen LogP contribution in [0.5, 0.6) is 0 Å². The van der Waals surface area contributed by atoms with Gasteiger partial charge in [-0.1, -0.05) is 29.8 Å². The van der Waals surface area contributed by atoms with E-state index < -0.39 is 0 Å². The highest BCUT2D eigenvalue weighted by Crippen LogP contribution is 2.26. The molecule has 0 amide bonds. The first kappa shape index (κ1) is 11.7. The summed E-state index contributed by atoms with van der Waals surface area (Å²) in [5.41, 5.74) is 11.0. The van der Waals surface area contributed by atoms with Crippen LogP contribution in [0, 0.1) is 13.8 Å². The fourth-order valence-corrected chi connectivity index (χ4v) is 2.24. The predicted molar refractivity (Wildman–Crippen MR) is 74.9 cm³/mol. The zero-order valence-corrected chi connectivity index (χ0v) is 11.0. The minimum atomic E-state index is 1.25. The molecule has 17 heavy (non-hydrogen) atoms. The van der Waals surface area contributed by atoms with Crippen molar-refractivity contribution < 1.29 is 0 Å². The number of hydrogen-bond donors (Lipinski definition) is 0. The van der Waals surface area contributed by atoms with Gasteiger partial charge in [0.05, 0.1) is 0 Å². The van der Waals surface area contributed by atoms with Gasteiger partial charge < -0.3 is 0 Å². The Morgan fingerprint density at radius 1 is 0.941 bits per heavy atom. The average Bonchev–Trinajstić information content (AvgIpc) is 2.40. The molecular weight excluding hydrogens is 204 g/mol. The zero-order valence-electron chi connectivity index (χ0n) is 11.0. The second kappa shape index (κ2) is 4.61. The zero-order chi connectivity index (χ0) is 12.4. The van der Waals surface area contributed by atoms with Crippen LogP contribution in [-0.4, -0.2) is 0 Å². The Bertz CT molecular complexity index is 574. The molecule has 0 aliphatic heterocycles. The monoisotopic (exact) mass is 222 g/mol. The summed E-state index contributed by atoms with van der Waals surface area (Å²) in [6, 6.07) is 6.60. The molecule has 86 valence electrons. The summed E-state index contributed by atoms with van der Waals surface area (Å²) < 4.78 is 0. The van der Waals surface area contributed by atoms with Gasteiger partial charge in [-0.05, 0) is 67.7 Å². The molecule has 0 bridgehead atoms. The molecule has 1 aromatic carbocycles. The van der Waals surface area contributed by atoms with Gasteiger partial charge in [0.2, 0.25) is 0 Å². The highest BCUT2D eigenvalue weighted by atomic mass is 14.1. The van der Waals surface area contributed by atoms with Gasteiger partial charge in [0.15, 0.2) is 0 Å². The van der Waals surface area contributed by atoms with Gasteiger partial charge in [0, 0.05) is 0 Å². The number of benzene rings is 1. The Labute approximate surface area is 104 Å². The van der Waals surface area contributed by atoms with Crippen LogP contribution in [0.25, 0.3) is 5.57 Å². The SMILES string of the molecule is CC1=CC(C)=C(c2ccc(C)cc2C)C=C=C1. The first-order chi connectivity index (χ1) is 8.08. The highest BCUT2D eigenvalue weighted by Gasteiger charge is 2.06. The van der Waals surface area contributed by atoms with Crippen molar-refractivity contribution in [3.05, 3.63) is 70.0 Å². The Balaban J connectivity index is 2.61. The lowest BCUT2D eigenvalue weighted by Gasteiger charge is -2.09. The van der Waals surface area contributed by atoms with Crippen molar-refractivity contribution in [3.8, 4) is 0 Å². The van der Waals surface area contributed by atoms with Crippen LogP contribution in [0.4, 0.5) is 0 Å². The van der Waals surface area contributed by atoms with Crippen LogP contribution >= 0.6 is 0 Å². The smallest absolute Gasteiger partial charge is 0.00747 e. The fourth-order valence-electron chi connectivity index (χ4n) is 2.24. The van der Waals surface area contributed by atoms with E-state index in [9.17, 15) is 0 Å². The van der Waals surface area contributed by atoms with E-state index in [4.69, 9.17) is 0 Å². The Morgan fingerprint density at radius 3 is 2.41 bits per heavy atom. The molecule has 2 rings (SSSR count). The molecular formula is C17H18. The van der Waals surface area contributed by atoms with Gasteiger partial charge in [-0.3, -0.25) is 0 Å². The predicted octanol–water partition coefficient (Wildman–Crippen LogP) is 4.75. The number of hydrogen-bond acceptors (Lipinski definition) is 0. The van der Waals surface area contributed by atoms with Gasteiger partial charge in [-0.15, -0.1) is 5.73 Å². The number of rotatable bonds is 1. The van der Waals surface area contributed by atoms with Crippen LogP contribution < -0.4 is 0 Å². The summed E-state index contributed by atoms with van der Waals surface area (Å²) in [6.07, 6.45) is 6.32.